The Morgan fingerprint density at radius 2 is 1.69 bits per heavy atom. The first-order valence-electron chi connectivity index (χ1n) is 7.89. The van der Waals surface area contributed by atoms with Crippen LogP contribution in [-0.4, -0.2) is 21.7 Å². The van der Waals surface area contributed by atoms with Crippen molar-refractivity contribution in [1.29, 1.82) is 10.7 Å². The van der Waals surface area contributed by atoms with E-state index in [2.05, 4.69) is 0 Å². The van der Waals surface area contributed by atoms with Gasteiger partial charge in [0.1, 0.15) is 11.6 Å². The van der Waals surface area contributed by atoms with Crippen LogP contribution in [0.4, 0.5) is 0 Å². The van der Waals surface area contributed by atoms with Gasteiger partial charge in [0.05, 0.1) is 5.70 Å². The van der Waals surface area contributed by atoms with E-state index in [4.69, 9.17) is 5.41 Å². The first-order chi connectivity index (χ1) is 12.6. The van der Waals surface area contributed by atoms with Crippen LogP contribution in [0.25, 0.3) is 6.08 Å². The van der Waals surface area contributed by atoms with Gasteiger partial charge in [0.15, 0.2) is 11.6 Å². The monoisotopic (exact) mass is 341 g/mol. The molecule has 5 heteroatoms. The summed E-state index contributed by atoms with van der Waals surface area (Å²) in [5.74, 6) is -1.19. The van der Waals surface area contributed by atoms with Crippen LogP contribution in [0.2, 0.25) is 0 Å². The molecule has 26 heavy (non-hydrogen) atoms. The summed E-state index contributed by atoms with van der Waals surface area (Å²) >= 11 is 0. The molecule has 0 fully saturated rings. The third-order valence-electron chi connectivity index (χ3n) is 3.86. The number of hydrogen-bond acceptors (Lipinski definition) is 4. The number of nitrogens with zero attached hydrogens (tertiary/aromatic N) is 2. The highest BCUT2D eigenvalue weighted by Crippen LogP contribution is 2.29. The molecule has 0 aliphatic carbocycles. The number of rotatable bonds is 3. The van der Waals surface area contributed by atoms with E-state index in [0.29, 0.717) is 5.56 Å². The molecule has 1 amide bonds. The Labute approximate surface area is 150 Å². The molecule has 2 aromatic carbocycles. The molecule has 0 bridgehead atoms. The van der Waals surface area contributed by atoms with Crippen molar-refractivity contribution in [1.82, 2.24) is 4.90 Å². The Morgan fingerprint density at radius 3 is 2.31 bits per heavy atom. The number of aliphatic hydroxyl groups is 1. The van der Waals surface area contributed by atoms with Crippen LogP contribution in [0.1, 0.15) is 15.9 Å². The van der Waals surface area contributed by atoms with Crippen molar-refractivity contribution in [3.63, 3.8) is 0 Å². The first kappa shape index (κ1) is 16.9. The minimum Gasteiger partial charge on any atom is -0.504 e. The molecule has 0 atom stereocenters. The average molecular weight is 341 g/mol. The van der Waals surface area contributed by atoms with Crippen LogP contribution in [0.3, 0.4) is 0 Å². The summed E-state index contributed by atoms with van der Waals surface area (Å²) in [5, 5.41) is 27.6. The van der Waals surface area contributed by atoms with Crippen LogP contribution in [-0.2, 0) is 0 Å². The van der Waals surface area contributed by atoms with Crippen LogP contribution in [0.5, 0.6) is 0 Å². The lowest BCUT2D eigenvalue weighted by molar-refractivity contribution is 0.0878. The fourth-order valence-corrected chi connectivity index (χ4v) is 2.57. The molecule has 1 heterocycles. The third kappa shape index (κ3) is 3.17. The molecule has 5 nitrogen and oxygen atoms in total. The fourth-order valence-electron chi connectivity index (χ4n) is 2.57. The number of hydrogen-bond donors (Lipinski definition) is 2. The summed E-state index contributed by atoms with van der Waals surface area (Å²) in [7, 11) is 0. The molecule has 0 saturated heterocycles. The van der Waals surface area contributed by atoms with Gasteiger partial charge < -0.3 is 5.11 Å². The molecule has 3 rings (SSSR count). The van der Waals surface area contributed by atoms with Crippen molar-refractivity contribution in [2.24, 2.45) is 0 Å². The lowest BCUT2D eigenvalue weighted by Crippen LogP contribution is -2.32. The van der Waals surface area contributed by atoms with Crippen molar-refractivity contribution >= 4 is 17.8 Å². The zero-order valence-corrected chi connectivity index (χ0v) is 13.8. The van der Waals surface area contributed by atoms with Gasteiger partial charge in [-0.25, -0.2) is 0 Å². The highest BCUT2D eigenvalue weighted by atomic mass is 16.3. The molecule has 2 N–H and O–H groups in total. The summed E-state index contributed by atoms with van der Waals surface area (Å²) in [4.78, 5) is 13.8. The van der Waals surface area contributed by atoms with E-state index in [0.717, 1.165) is 10.5 Å². The number of amides is 1. The second kappa shape index (κ2) is 7.32. The van der Waals surface area contributed by atoms with E-state index in [1.807, 2.05) is 30.3 Å². The standard InChI is InChI=1S/C21H15N3O2/c22-14-17-19(25)18(13-7-10-15-8-3-1-4-9-15)24(20(17)23)21(26)16-11-5-2-6-12-16/h1-13,23,25H/b10-7-,18-13-,23-20?. The predicted octanol–water partition coefficient (Wildman–Crippen LogP) is 4.05. The Hall–Kier alpha value is -3.91. The van der Waals surface area contributed by atoms with Gasteiger partial charge in [0, 0.05) is 5.56 Å². The van der Waals surface area contributed by atoms with Gasteiger partial charge in [-0.05, 0) is 23.8 Å². The van der Waals surface area contributed by atoms with Crippen LogP contribution in [0.15, 0.2) is 89.8 Å². The van der Waals surface area contributed by atoms with E-state index in [1.165, 1.54) is 6.08 Å². The van der Waals surface area contributed by atoms with Gasteiger partial charge >= 0.3 is 0 Å². The normalized spacial score (nSPS) is 15.7. The molecule has 1 aliphatic heterocycles. The van der Waals surface area contributed by atoms with E-state index in [-0.39, 0.29) is 22.9 Å². The Balaban J connectivity index is 1.98. The van der Waals surface area contributed by atoms with Gasteiger partial charge in [-0.1, -0.05) is 60.7 Å². The average Bonchev–Trinajstić information content (AvgIpc) is 2.92. The molecule has 0 unspecified atom stereocenters. The molecule has 2 aromatic rings. The minimum absolute atomic E-state index is 0.104. The molecule has 1 aliphatic rings. The summed E-state index contributed by atoms with van der Waals surface area (Å²) in [5.41, 5.74) is 1.19. The summed E-state index contributed by atoms with van der Waals surface area (Å²) in [6.07, 6.45) is 4.99. The maximum absolute atomic E-state index is 12.8. The van der Waals surface area contributed by atoms with Crippen molar-refractivity contribution in [2.45, 2.75) is 0 Å². The van der Waals surface area contributed by atoms with Gasteiger partial charge in [-0.3, -0.25) is 15.1 Å². The van der Waals surface area contributed by atoms with Gasteiger partial charge in [-0.15, -0.1) is 0 Å². The van der Waals surface area contributed by atoms with Crippen LogP contribution < -0.4 is 0 Å². The second-order valence-corrected chi connectivity index (χ2v) is 5.51. The molecular weight excluding hydrogens is 326 g/mol. The number of benzene rings is 2. The fraction of sp³-hybridized carbons (Fsp3) is 0. The third-order valence-corrected chi connectivity index (χ3v) is 3.86. The molecule has 0 radical (unpaired) electrons. The van der Waals surface area contributed by atoms with Crippen LogP contribution >= 0.6 is 0 Å². The van der Waals surface area contributed by atoms with E-state index in [1.54, 1.807) is 48.6 Å². The lowest BCUT2D eigenvalue weighted by Gasteiger charge is -2.18. The number of allylic oxidation sites excluding steroid dienone is 2. The van der Waals surface area contributed by atoms with E-state index in [9.17, 15) is 15.2 Å². The van der Waals surface area contributed by atoms with E-state index < -0.39 is 5.91 Å². The predicted molar refractivity (Wildman–Crippen MR) is 99.2 cm³/mol. The maximum atomic E-state index is 12.8. The van der Waals surface area contributed by atoms with Gasteiger partial charge in [0.2, 0.25) is 0 Å². The van der Waals surface area contributed by atoms with Crippen molar-refractivity contribution in [3.8, 4) is 6.07 Å². The van der Waals surface area contributed by atoms with Crippen molar-refractivity contribution < 1.29 is 9.90 Å². The molecule has 0 spiro atoms. The molecular formula is C21H15N3O2. The Bertz CT molecular complexity index is 981. The number of carbonyl (C=O) groups is 1. The van der Waals surface area contributed by atoms with Gasteiger partial charge in [-0.2, -0.15) is 5.26 Å². The number of amidine groups is 1. The van der Waals surface area contributed by atoms with Crippen LogP contribution in [0, 0.1) is 16.7 Å². The lowest BCUT2D eigenvalue weighted by atomic mass is 10.2. The van der Waals surface area contributed by atoms with Crippen molar-refractivity contribution in [2.75, 3.05) is 0 Å². The number of aliphatic hydroxyl groups excluding tert-OH is 1. The zero-order valence-electron chi connectivity index (χ0n) is 13.8. The number of carbonyl (C=O) groups excluding carboxylic acids is 1. The summed E-state index contributed by atoms with van der Waals surface area (Å²) in [6, 6.07) is 19.8. The number of nitrogens with one attached hydrogen (secondary N) is 1. The number of nitriles is 1. The Kier molecular flexibility index (Phi) is 4.77. The highest BCUT2D eigenvalue weighted by molar-refractivity contribution is 6.17. The van der Waals surface area contributed by atoms with Crippen molar-refractivity contribution in [3.05, 3.63) is 101 Å². The maximum Gasteiger partial charge on any atom is 0.264 e. The first-order valence-corrected chi connectivity index (χ1v) is 7.89. The summed E-state index contributed by atoms with van der Waals surface area (Å²) < 4.78 is 0. The SMILES string of the molecule is N#CC1=C(O)/C(=C/C=C\c2ccccc2)N(C(=O)c2ccccc2)C1=N. The highest BCUT2D eigenvalue weighted by Gasteiger charge is 2.36. The summed E-state index contributed by atoms with van der Waals surface area (Å²) in [6.45, 7) is 0. The smallest absolute Gasteiger partial charge is 0.264 e. The van der Waals surface area contributed by atoms with E-state index >= 15 is 0 Å². The minimum atomic E-state index is -0.480. The largest absolute Gasteiger partial charge is 0.504 e. The zero-order chi connectivity index (χ0) is 18.5. The topological polar surface area (TPSA) is 88.2 Å². The second-order valence-electron chi connectivity index (χ2n) is 5.51. The molecule has 126 valence electrons. The molecule has 0 saturated carbocycles. The van der Waals surface area contributed by atoms with Gasteiger partial charge in [0.25, 0.3) is 5.91 Å². The quantitative estimate of drug-likeness (QED) is 0.882. The molecule has 0 aromatic heterocycles. The Morgan fingerprint density at radius 1 is 1.08 bits per heavy atom.